The molecule has 1 aromatic heterocycles. The van der Waals surface area contributed by atoms with Crippen molar-refractivity contribution in [2.24, 2.45) is 0 Å². The number of nitrogens with one attached hydrogen (secondary N) is 1. The number of methoxy groups -OCH3 is 1. The number of benzene rings is 2. The maximum atomic E-state index is 13.2. The summed E-state index contributed by atoms with van der Waals surface area (Å²) in [6, 6.07) is 14.4. The van der Waals surface area contributed by atoms with Crippen LogP contribution in [0.15, 0.2) is 53.3 Å². The Bertz CT molecular complexity index is 1040. The molecule has 0 spiro atoms. The second-order valence-corrected chi connectivity index (χ2v) is 5.84. The van der Waals surface area contributed by atoms with Gasteiger partial charge in [0.2, 0.25) is 0 Å². The standard InChI is InChI=1S/C20H21N3O4/c1-21-18-16-14(11-8-12-15(16)26-3)23(27-4)20(25)17(18)19(24)22(2)13-9-6-5-7-10-13/h5-12,21H,1-4H3. The summed E-state index contributed by atoms with van der Waals surface area (Å²) in [6.07, 6.45) is 0. The maximum Gasteiger partial charge on any atom is 0.298 e. The highest BCUT2D eigenvalue weighted by Crippen LogP contribution is 2.33. The number of rotatable bonds is 5. The zero-order chi connectivity index (χ0) is 19.6. The highest BCUT2D eigenvalue weighted by atomic mass is 16.6. The maximum absolute atomic E-state index is 13.2. The smallest absolute Gasteiger partial charge is 0.298 e. The molecule has 7 nitrogen and oxygen atoms in total. The number of pyridine rings is 1. The first-order valence-electron chi connectivity index (χ1n) is 8.36. The first kappa shape index (κ1) is 18.3. The predicted octanol–water partition coefficient (Wildman–Crippen LogP) is 2.39. The Hall–Kier alpha value is -3.48. The number of para-hydroxylation sites is 1. The SMILES string of the molecule is CNc1c(C(=O)N(C)c2ccccc2)c(=O)n(OC)c2cccc(OC)c12. The fourth-order valence-corrected chi connectivity index (χ4v) is 3.12. The number of ether oxygens (including phenoxy) is 1. The van der Waals surface area contributed by atoms with Gasteiger partial charge in [-0.15, -0.1) is 4.73 Å². The Morgan fingerprint density at radius 1 is 1.07 bits per heavy atom. The molecule has 1 amide bonds. The van der Waals surface area contributed by atoms with Crippen LogP contribution in [0.3, 0.4) is 0 Å². The van der Waals surface area contributed by atoms with Crippen LogP contribution in [0.4, 0.5) is 11.4 Å². The summed E-state index contributed by atoms with van der Waals surface area (Å²) in [6.45, 7) is 0. The summed E-state index contributed by atoms with van der Waals surface area (Å²) in [5.74, 6) is 0.0771. The average molecular weight is 367 g/mol. The first-order valence-corrected chi connectivity index (χ1v) is 8.36. The van der Waals surface area contributed by atoms with Crippen molar-refractivity contribution in [3.05, 3.63) is 64.4 Å². The molecule has 140 valence electrons. The summed E-state index contributed by atoms with van der Waals surface area (Å²) >= 11 is 0. The van der Waals surface area contributed by atoms with E-state index in [1.54, 1.807) is 44.4 Å². The lowest BCUT2D eigenvalue weighted by Crippen LogP contribution is -2.37. The van der Waals surface area contributed by atoms with Gasteiger partial charge in [0, 0.05) is 19.8 Å². The monoisotopic (exact) mass is 367 g/mol. The van der Waals surface area contributed by atoms with Crippen LogP contribution in [0, 0.1) is 0 Å². The van der Waals surface area contributed by atoms with Gasteiger partial charge >= 0.3 is 0 Å². The quantitative estimate of drug-likeness (QED) is 0.750. The van der Waals surface area contributed by atoms with E-state index in [9.17, 15) is 9.59 Å². The number of fused-ring (bicyclic) bond motifs is 1. The van der Waals surface area contributed by atoms with Gasteiger partial charge in [0.25, 0.3) is 11.5 Å². The number of nitrogens with zero attached hydrogens (tertiary/aromatic N) is 2. The molecule has 0 saturated carbocycles. The lowest BCUT2D eigenvalue weighted by Gasteiger charge is -2.21. The van der Waals surface area contributed by atoms with Crippen LogP contribution in [0.5, 0.6) is 5.75 Å². The molecule has 0 unspecified atom stereocenters. The van der Waals surface area contributed by atoms with E-state index in [2.05, 4.69) is 5.32 Å². The molecule has 0 bridgehead atoms. The average Bonchev–Trinajstić information content (AvgIpc) is 2.71. The summed E-state index contributed by atoms with van der Waals surface area (Å²) in [4.78, 5) is 33.0. The zero-order valence-corrected chi connectivity index (χ0v) is 15.6. The van der Waals surface area contributed by atoms with Crippen molar-refractivity contribution < 1.29 is 14.4 Å². The van der Waals surface area contributed by atoms with Crippen LogP contribution in [0.25, 0.3) is 10.9 Å². The van der Waals surface area contributed by atoms with Crippen molar-refractivity contribution >= 4 is 28.2 Å². The molecule has 0 radical (unpaired) electrons. The van der Waals surface area contributed by atoms with Crippen molar-refractivity contribution in [1.82, 2.24) is 4.73 Å². The van der Waals surface area contributed by atoms with Crippen LogP contribution < -0.4 is 25.4 Å². The van der Waals surface area contributed by atoms with E-state index in [-0.39, 0.29) is 5.56 Å². The number of amides is 1. The number of hydrogen-bond acceptors (Lipinski definition) is 5. The minimum absolute atomic E-state index is 0.0253. The molecule has 3 rings (SSSR count). The third-order valence-corrected chi connectivity index (χ3v) is 4.44. The van der Waals surface area contributed by atoms with Crippen LogP contribution in [-0.4, -0.2) is 39.0 Å². The Kier molecular flexibility index (Phi) is 5.03. The second-order valence-electron chi connectivity index (χ2n) is 5.84. The molecule has 0 aliphatic rings. The summed E-state index contributed by atoms with van der Waals surface area (Å²) in [5, 5.41) is 3.59. The third-order valence-electron chi connectivity index (χ3n) is 4.44. The van der Waals surface area contributed by atoms with Gasteiger partial charge in [-0.1, -0.05) is 24.3 Å². The minimum Gasteiger partial charge on any atom is -0.496 e. The molecule has 1 heterocycles. The largest absolute Gasteiger partial charge is 0.496 e. The Balaban J connectivity index is 2.34. The van der Waals surface area contributed by atoms with Crippen molar-refractivity contribution in [2.45, 2.75) is 0 Å². The number of hydrogen-bond donors (Lipinski definition) is 1. The van der Waals surface area contributed by atoms with Gasteiger partial charge in [-0.2, -0.15) is 0 Å². The summed E-state index contributed by atoms with van der Waals surface area (Å²) in [7, 11) is 6.21. The third kappa shape index (κ3) is 2.97. The van der Waals surface area contributed by atoms with Gasteiger partial charge in [-0.25, -0.2) is 0 Å². The molecule has 3 aromatic rings. The van der Waals surface area contributed by atoms with Crippen LogP contribution in [0.2, 0.25) is 0 Å². The zero-order valence-electron chi connectivity index (χ0n) is 15.6. The van der Waals surface area contributed by atoms with Crippen molar-refractivity contribution in [3.63, 3.8) is 0 Å². The molecule has 0 fully saturated rings. The van der Waals surface area contributed by atoms with E-state index in [1.807, 2.05) is 18.2 Å². The van der Waals surface area contributed by atoms with E-state index in [4.69, 9.17) is 9.57 Å². The van der Waals surface area contributed by atoms with E-state index >= 15 is 0 Å². The number of carbonyl (C=O) groups is 1. The van der Waals surface area contributed by atoms with Gasteiger partial charge in [-0.3, -0.25) is 9.59 Å². The van der Waals surface area contributed by atoms with Crippen LogP contribution >= 0.6 is 0 Å². The van der Waals surface area contributed by atoms with E-state index < -0.39 is 11.5 Å². The summed E-state index contributed by atoms with van der Waals surface area (Å²) in [5.41, 5.74) is 1.00. The molecule has 2 aromatic carbocycles. The highest BCUT2D eigenvalue weighted by Gasteiger charge is 2.27. The Labute approximate surface area is 156 Å². The molecular weight excluding hydrogens is 346 g/mol. The van der Waals surface area contributed by atoms with Gasteiger partial charge in [0.05, 0.1) is 23.7 Å². The number of aromatic nitrogens is 1. The van der Waals surface area contributed by atoms with E-state index in [0.717, 1.165) is 4.73 Å². The van der Waals surface area contributed by atoms with Gasteiger partial charge < -0.3 is 19.8 Å². The minimum atomic E-state index is -0.546. The Morgan fingerprint density at radius 3 is 2.37 bits per heavy atom. The van der Waals surface area contributed by atoms with Gasteiger partial charge in [0.1, 0.15) is 18.4 Å². The van der Waals surface area contributed by atoms with Crippen molar-refractivity contribution in [1.29, 1.82) is 0 Å². The molecule has 1 N–H and O–H groups in total. The molecule has 0 saturated heterocycles. The summed E-state index contributed by atoms with van der Waals surface area (Å²) < 4.78 is 6.56. The number of carbonyl (C=O) groups excluding carboxylic acids is 1. The predicted molar refractivity (Wildman–Crippen MR) is 106 cm³/mol. The molecular formula is C20H21N3O4. The second kappa shape index (κ2) is 7.41. The van der Waals surface area contributed by atoms with E-state index in [0.29, 0.717) is 28.0 Å². The topological polar surface area (TPSA) is 72.8 Å². The first-order chi connectivity index (χ1) is 13.0. The van der Waals surface area contributed by atoms with Crippen molar-refractivity contribution in [3.8, 4) is 5.75 Å². The molecule has 0 aliphatic carbocycles. The highest BCUT2D eigenvalue weighted by molar-refractivity contribution is 6.14. The fraction of sp³-hybridized carbons (Fsp3) is 0.200. The fourth-order valence-electron chi connectivity index (χ4n) is 3.12. The van der Waals surface area contributed by atoms with Crippen LogP contribution in [-0.2, 0) is 0 Å². The van der Waals surface area contributed by atoms with Gasteiger partial charge in [-0.05, 0) is 24.3 Å². The molecule has 27 heavy (non-hydrogen) atoms. The molecule has 0 aliphatic heterocycles. The lowest BCUT2D eigenvalue weighted by molar-refractivity contribution is 0.0986. The van der Waals surface area contributed by atoms with Crippen molar-refractivity contribution in [2.75, 3.05) is 38.5 Å². The Morgan fingerprint density at radius 2 is 1.78 bits per heavy atom. The number of anilines is 2. The lowest BCUT2D eigenvalue weighted by atomic mass is 10.1. The normalized spacial score (nSPS) is 10.5. The molecule has 7 heteroatoms. The van der Waals surface area contributed by atoms with Crippen LogP contribution in [0.1, 0.15) is 10.4 Å². The molecule has 0 atom stereocenters. The van der Waals surface area contributed by atoms with Gasteiger partial charge in [0.15, 0.2) is 0 Å². The van der Waals surface area contributed by atoms with E-state index in [1.165, 1.54) is 19.1 Å².